The van der Waals surface area contributed by atoms with Crippen LogP contribution in [0.1, 0.15) is 12.0 Å². The summed E-state index contributed by atoms with van der Waals surface area (Å²) < 4.78 is 0. The number of rotatable bonds is 3. The van der Waals surface area contributed by atoms with Gasteiger partial charge in [0.25, 0.3) is 11.7 Å². The molecular weight excluding hydrogens is 328 g/mol. The van der Waals surface area contributed by atoms with Gasteiger partial charge in [-0.2, -0.15) is 0 Å². The standard InChI is InChI=1S/C20H22N4O2/c1-15-6-2-3-7-16(15)24-19(25)14-17(20(24)26)22-10-12-23(13-11-22)18-8-4-5-9-21-18/h2-9,17H,10-14H2,1H3/p+2/t17-/m0/s1. The number of hydrogen-bond acceptors (Lipinski definition) is 3. The number of quaternary nitrogens is 1. The quantitative estimate of drug-likeness (QED) is 0.782. The first-order valence-electron chi connectivity index (χ1n) is 9.14. The summed E-state index contributed by atoms with van der Waals surface area (Å²) in [5.41, 5.74) is 1.68. The molecule has 0 saturated carbocycles. The minimum absolute atomic E-state index is 0.0565. The fraction of sp³-hybridized carbons (Fsp3) is 0.350. The molecule has 2 amide bonds. The van der Waals surface area contributed by atoms with E-state index in [9.17, 15) is 9.59 Å². The molecule has 2 saturated heterocycles. The van der Waals surface area contributed by atoms with Crippen LogP contribution in [0.3, 0.4) is 0 Å². The van der Waals surface area contributed by atoms with Crippen molar-refractivity contribution in [2.75, 3.05) is 36.0 Å². The van der Waals surface area contributed by atoms with Gasteiger partial charge in [-0.25, -0.2) is 9.88 Å². The van der Waals surface area contributed by atoms with E-state index in [4.69, 9.17) is 0 Å². The lowest BCUT2D eigenvalue weighted by Crippen LogP contribution is -3.19. The topological polar surface area (TPSA) is 59.2 Å². The second kappa shape index (κ2) is 6.88. The third-order valence-electron chi connectivity index (χ3n) is 5.43. The lowest BCUT2D eigenvalue weighted by Gasteiger charge is -2.31. The first-order chi connectivity index (χ1) is 12.6. The van der Waals surface area contributed by atoms with E-state index in [1.165, 1.54) is 9.80 Å². The molecule has 6 heteroatoms. The Morgan fingerprint density at radius 3 is 2.46 bits per heavy atom. The van der Waals surface area contributed by atoms with Crippen LogP contribution in [0.15, 0.2) is 48.7 Å². The highest BCUT2D eigenvalue weighted by molar-refractivity contribution is 6.22. The Labute approximate surface area is 153 Å². The number of imide groups is 1. The van der Waals surface area contributed by atoms with E-state index >= 15 is 0 Å². The zero-order valence-electron chi connectivity index (χ0n) is 14.9. The SMILES string of the molecule is Cc1ccccc1N1C(=O)C[C@H]([NH+]2CCN(c3cccc[nH+]3)CC2)C1=O. The van der Waals surface area contributed by atoms with Gasteiger partial charge in [-0.1, -0.05) is 24.3 Å². The van der Waals surface area contributed by atoms with E-state index in [-0.39, 0.29) is 17.9 Å². The van der Waals surface area contributed by atoms with Crippen molar-refractivity contribution >= 4 is 23.3 Å². The van der Waals surface area contributed by atoms with Crippen LogP contribution in [-0.4, -0.2) is 44.0 Å². The molecule has 26 heavy (non-hydrogen) atoms. The molecule has 2 aliphatic heterocycles. The number of hydrogen-bond donors (Lipinski definition) is 1. The summed E-state index contributed by atoms with van der Waals surface area (Å²) in [4.78, 5) is 33.7. The van der Waals surface area contributed by atoms with Gasteiger partial charge in [0, 0.05) is 6.07 Å². The summed E-state index contributed by atoms with van der Waals surface area (Å²) in [6.07, 6.45) is 2.23. The minimum Gasteiger partial charge on any atom is -0.318 e. The van der Waals surface area contributed by atoms with Gasteiger partial charge in [-0.15, -0.1) is 0 Å². The predicted octanol–water partition coefficient (Wildman–Crippen LogP) is -0.154. The summed E-state index contributed by atoms with van der Waals surface area (Å²) >= 11 is 0. The van der Waals surface area contributed by atoms with E-state index in [0.717, 1.165) is 43.2 Å². The number of benzene rings is 1. The van der Waals surface area contributed by atoms with Crippen molar-refractivity contribution in [1.82, 2.24) is 0 Å². The van der Waals surface area contributed by atoms with Crippen molar-refractivity contribution in [2.24, 2.45) is 0 Å². The van der Waals surface area contributed by atoms with E-state index in [2.05, 4.69) is 16.0 Å². The fourth-order valence-corrected chi connectivity index (χ4v) is 3.98. The van der Waals surface area contributed by atoms with Crippen LogP contribution < -0.4 is 19.7 Å². The highest BCUT2D eigenvalue weighted by atomic mass is 16.2. The second-order valence-electron chi connectivity index (χ2n) is 7.00. The number of carbonyl (C=O) groups excluding carboxylic acids is 2. The molecule has 1 aromatic carbocycles. The monoisotopic (exact) mass is 352 g/mol. The third-order valence-corrected chi connectivity index (χ3v) is 5.43. The van der Waals surface area contributed by atoms with Gasteiger partial charge >= 0.3 is 0 Å². The summed E-state index contributed by atoms with van der Waals surface area (Å²) in [6.45, 7) is 5.39. The van der Waals surface area contributed by atoms with Crippen LogP contribution in [0.4, 0.5) is 11.5 Å². The Balaban J connectivity index is 1.46. The Bertz CT molecular complexity index is 816. The number of anilines is 2. The van der Waals surface area contributed by atoms with E-state index < -0.39 is 0 Å². The summed E-state index contributed by atoms with van der Waals surface area (Å²) in [7, 11) is 0. The first-order valence-corrected chi connectivity index (χ1v) is 9.14. The van der Waals surface area contributed by atoms with Gasteiger partial charge in [-0.3, -0.25) is 14.5 Å². The Morgan fingerprint density at radius 1 is 1.04 bits per heavy atom. The molecule has 3 heterocycles. The van der Waals surface area contributed by atoms with Crippen molar-refractivity contribution in [3.8, 4) is 0 Å². The molecule has 0 radical (unpaired) electrons. The van der Waals surface area contributed by atoms with Crippen molar-refractivity contribution < 1.29 is 19.5 Å². The minimum atomic E-state index is -0.260. The second-order valence-corrected chi connectivity index (χ2v) is 7.00. The molecular formula is C20H24N4O2+2. The fourth-order valence-electron chi connectivity index (χ4n) is 3.98. The molecule has 2 aromatic rings. The Kier molecular flexibility index (Phi) is 4.42. The number of amides is 2. The van der Waals surface area contributed by atoms with Crippen molar-refractivity contribution in [3.63, 3.8) is 0 Å². The van der Waals surface area contributed by atoms with Crippen molar-refractivity contribution in [1.29, 1.82) is 0 Å². The molecule has 0 spiro atoms. The van der Waals surface area contributed by atoms with Gasteiger partial charge < -0.3 is 4.90 Å². The molecule has 0 unspecified atom stereocenters. The van der Waals surface area contributed by atoms with Crippen LogP contribution in [0.25, 0.3) is 0 Å². The van der Waals surface area contributed by atoms with Gasteiger partial charge in [-0.05, 0) is 24.6 Å². The number of para-hydroxylation sites is 1. The van der Waals surface area contributed by atoms with Crippen LogP contribution in [0.5, 0.6) is 0 Å². The lowest BCUT2D eigenvalue weighted by molar-refractivity contribution is -0.915. The summed E-state index contributed by atoms with van der Waals surface area (Å²) in [6, 6.07) is 13.4. The average Bonchev–Trinajstić information content (AvgIpc) is 2.97. The molecule has 0 aliphatic carbocycles. The lowest BCUT2D eigenvalue weighted by atomic mass is 10.1. The Hall–Kier alpha value is -2.73. The van der Waals surface area contributed by atoms with Gasteiger partial charge in [0.2, 0.25) is 5.91 Å². The maximum absolute atomic E-state index is 13.0. The molecule has 1 atom stereocenters. The number of H-pyrrole nitrogens is 1. The van der Waals surface area contributed by atoms with E-state index in [0.29, 0.717) is 6.42 Å². The zero-order chi connectivity index (χ0) is 18.1. The number of aromatic nitrogens is 1. The Morgan fingerprint density at radius 2 is 1.77 bits per heavy atom. The summed E-state index contributed by atoms with van der Waals surface area (Å²) in [5.74, 6) is 0.960. The van der Waals surface area contributed by atoms with E-state index in [1.54, 1.807) is 0 Å². The number of nitrogens with zero attached hydrogens (tertiary/aromatic N) is 2. The maximum atomic E-state index is 13.0. The molecule has 1 aromatic heterocycles. The number of nitrogens with one attached hydrogen (secondary N) is 2. The van der Waals surface area contributed by atoms with Crippen molar-refractivity contribution in [2.45, 2.75) is 19.4 Å². The van der Waals surface area contributed by atoms with E-state index in [1.807, 2.05) is 49.5 Å². The van der Waals surface area contributed by atoms with Crippen LogP contribution in [0.2, 0.25) is 0 Å². The van der Waals surface area contributed by atoms with Crippen molar-refractivity contribution in [3.05, 3.63) is 54.2 Å². The normalized spacial score (nSPS) is 21.5. The molecule has 134 valence electrons. The number of aromatic amines is 1. The van der Waals surface area contributed by atoms with Gasteiger partial charge in [0.1, 0.15) is 26.2 Å². The van der Waals surface area contributed by atoms with Gasteiger partial charge in [0.15, 0.2) is 6.04 Å². The molecule has 6 nitrogen and oxygen atoms in total. The number of aryl methyl sites for hydroxylation is 1. The maximum Gasteiger partial charge on any atom is 0.292 e. The highest BCUT2D eigenvalue weighted by Gasteiger charge is 2.47. The largest absolute Gasteiger partial charge is 0.318 e. The highest BCUT2D eigenvalue weighted by Crippen LogP contribution is 2.25. The summed E-state index contributed by atoms with van der Waals surface area (Å²) in [5, 5.41) is 0. The molecule has 0 bridgehead atoms. The number of piperazine rings is 1. The smallest absolute Gasteiger partial charge is 0.292 e. The molecule has 4 rings (SSSR count). The van der Waals surface area contributed by atoms with Crippen LogP contribution in [-0.2, 0) is 9.59 Å². The van der Waals surface area contributed by atoms with Gasteiger partial charge in [0.05, 0.1) is 18.3 Å². The zero-order valence-corrected chi connectivity index (χ0v) is 14.9. The third kappa shape index (κ3) is 2.97. The number of carbonyl (C=O) groups is 2. The first kappa shape index (κ1) is 16.7. The molecule has 2 N–H and O–H groups in total. The van der Waals surface area contributed by atoms with Crippen LogP contribution in [0, 0.1) is 6.92 Å². The number of pyridine rings is 1. The van der Waals surface area contributed by atoms with Crippen LogP contribution >= 0.6 is 0 Å². The molecule has 2 aliphatic rings. The molecule has 2 fully saturated rings. The predicted molar refractivity (Wildman–Crippen MR) is 98.0 cm³/mol. The average molecular weight is 352 g/mol.